The van der Waals surface area contributed by atoms with Gasteiger partial charge in [-0.25, -0.2) is 4.79 Å². The maximum absolute atomic E-state index is 11.8. The van der Waals surface area contributed by atoms with Gasteiger partial charge >= 0.3 is 5.97 Å². The topological polar surface area (TPSA) is 88.4 Å². The Morgan fingerprint density at radius 1 is 1.38 bits per heavy atom. The van der Waals surface area contributed by atoms with E-state index in [1.54, 1.807) is 12.3 Å². The number of nitrogens with one attached hydrogen (secondary N) is 1. The SMILES string of the molecule is CCCCC(NC(=O)CCn1cc(C)ccc1=O)C(=O)O. The largest absolute Gasteiger partial charge is 0.480 e. The number of hydrogen-bond acceptors (Lipinski definition) is 3. The second-order valence-electron chi connectivity index (χ2n) is 5.09. The van der Waals surface area contributed by atoms with Crippen LogP contribution in [-0.2, 0) is 16.1 Å². The lowest BCUT2D eigenvalue weighted by molar-refractivity contribution is -0.142. The molecule has 0 spiro atoms. The van der Waals surface area contributed by atoms with Crippen LogP contribution in [0.25, 0.3) is 0 Å². The zero-order chi connectivity index (χ0) is 15.8. The van der Waals surface area contributed by atoms with Crippen molar-refractivity contribution in [3.63, 3.8) is 0 Å². The van der Waals surface area contributed by atoms with Gasteiger partial charge in [0.1, 0.15) is 6.04 Å². The van der Waals surface area contributed by atoms with Crippen molar-refractivity contribution in [2.45, 2.75) is 52.1 Å². The minimum atomic E-state index is -1.02. The normalized spacial score (nSPS) is 11.9. The molecule has 1 amide bonds. The number of pyridine rings is 1. The predicted molar refractivity (Wildman–Crippen MR) is 79.1 cm³/mol. The minimum Gasteiger partial charge on any atom is -0.480 e. The van der Waals surface area contributed by atoms with E-state index in [2.05, 4.69) is 5.32 Å². The van der Waals surface area contributed by atoms with E-state index in [4.69, 9.17) is 5.11 Å². The zero-order valence-electron chi connectivity index (χ0n) is 12.5. The van der Waals surface area contributed by atoms with Crippen molar-refractivity contribution >= 4 is 11.9 Å². The van der Waals surface area contributed by atoms with Crippen molar-refractivity contribution in [2.75, 3.05) is 0 Å². The van der Waals surface area contributed by atoms with Crippen LogP contribution in [0.2, 0.25) is 0 Å². The number of aliphatic carboxylic acids is 1. The molecule has 6 heteroatoms. The molecule has 0 aliphatic heterocycles. The fraction of sp³-hybridized carbons (Fsp3) is 0.533. The van der Waals surface area contributed by atoms with Crippen molar-refractivity contribution in [3.8, 4) is 0 Å². The van der Waals surface area contributed by atoms with E-state index in [1.165, 1.54) is 10.6 Å². The van der Waals surface area contributed by atoms with Crippen LogP contribution in [0, 0.1) is 6.92 Å². The molecule has 0 bridgehead atoms. The number of carboxylic acids is 1. The maximum Gasteiger partial charge on any atom is 0.326 e. The predicted octanol–water partition coefficient (Wildman–Crippen LogP) is 1.31. The van der Waals surface area contributed by atoms with Gasteiger partial charge in [0.15, 0.2) is 0 Å². The van der Waals surface area contributed by atoms with Gasteiger partial charge in [0, 0.05) is 25.2 Å². The third kappa shape index (κ3) is 5.81. The van der Waals surface area contributed by atoms with Gasteiger partial charge in [-0.2, -0.15) is 0 Å². The van der Waals surface area contributed by atoms with Crippen molar-refractivity contribution in [2.24, 2.45) is 0 Å². The molecule has 0 aliphatic carbocycles. The van der Waals surface area contributed by atoms with Gasteiger partial charge in [-0.05, 0) is 18.9 Å². The average Bonchev–Trinajstić information content (AvgIpc) is 2.44. The lowest BCUT2D eigenvalue weighted by atomic mass is 10.1. The Morgan fingerprint density at radius 2 is 2.10 bits per heavy atom. The smallest absolute Gasteiger partial charge is 0.326 e. The Hall–Kier alpha value is -2.11. The summed E-state index contributed by atoms with van der Waals surface area (Å²) in [5.41, 5.74) is 0.760. The summed E-state index contributed by atoms with van der Waals surface area (Å²) in [6.07, 6.45) is 3.80. The molecule has 0 fully saturated rings. The molecule has 0 saturated heterocycles. The quantitative estimate of drug-likeness (QED) is 0.756. The first-order valence-electron chi connectivity index (χ1n) is 7.13. The molecular formula is C15H22N2O4. The van der Waals surface area contributed by atoms with Gasteiger partial charge in [0.25, 0.3) is 5.56 Å². The molecular weight excluding hydrogens is 272 g/mol. The zero-order valence-corrected chi connectivity index (χ0v) is 12.5. The molecule has 0 saturated carbocycles. The number of carbonyl (C=O) groups is 2. The molecule has 1 aromatic heterocycles. The number of rotatable bonds is 8. The molecule has 1 aromatic rings. The lowest BCUT2D eigenvalue weighted by Crippen LogP contribution is -2.41. The highest BCUT2D eigenvalue weighted by atomic mass is 16.4. The minimum absolute atomic E-state index is 0.0826. The van der Waals surface area contributed by atoms with Gasteiger partial charge < -0.3 is 15.0 Å². The summed E-state index contributed by atoms with van der Waals surface area (Å²) in [5, 5.41) is 11.5. The maximum atomic E-state index is 11.8. The highest BCUT2D eigenvalue weighted by molar-refractivity contribution is 5.83. The highest BCUT2D eigenvalue weighted by Gasteiger charge is 2.18. The number of aromatic nitrogens is 1. The number of amides is 1. The van der Waals surface area contributed by atoms with Gasteiger partial charge in [-0.1, -0.05) is 25.8 Å². The van der Waals surface area contributed by atoms with Gasteiger partial charge in [0.2, 0.25) is 5.91 Å². The summed E-state index contributed by atoms with van der Waals surface area (Å²) in [6, 6.07) is 2.31. The molecule has 0 aromatic carbocycles. The molecule has 0 radical (unpaired) electrons. The van der Waals surface area contributed by atoms with Gasteiger partial charge in [-0.3, -0.25) is 9.59 Å². The van der Waals surface area contributed by atoms with Gasteiger partial charge in [0.05, 0.1) is 0 Å². The highest BCUT2D eigenvalue weighted by Crippen LogP contribution is 2.02. The van der Waals surface area contributed by atoms with E-state index in [0.717, 1.165) is 18.4 Å². The van der Waals surface area contributed by atoms with E-state index in [9.17, 15) is 14.4 Å². The molecule has 21 heavy (non-hydrogen) atoms. The Labute approximate surface area is 123 Å². The second kappa shape index (κ2) is 8.24. The van der Waals surface area contributed by atoms with E-state index < -0.39 is 12.0 Å². The fourth-order valence-electron chi connectivity index (χ4n) is 1.98. The third-order valence-corrected chi connectivity index (χ3v) is 3.19. The van der Waals surface area contributed by atoms with Crippen molar-refractivity contribution in [3.05, 3.63) is 34.2 Å². The molecule has 1 atom stereocenters. The lowest BCUT2D eigenvalue weighted by Gasteiger charge is -2.14. The third-order valence-electron chi connectivity index (χ3n) is 3.19. The van der Waals surface area contributed by atoms with Crippen molar-refractivity contribution < 1.29 is 14.7 Å². The van der Waals surface area contributed by atoms with Crippen LogP contribution in [0.3, 0.4) is 0 Å². The summed E-state index contributed by atoms with van der Waals surface area (Å²) in [4.78, 5) is 34.4. The Morgan fingerprint density at radius 3 is 2.71 bits per heavy atom. The average molecular weight is 294 g/mol. The Bertz CT molecular complexity index is 551. The van der Waals surface area contributed by atoms with Crippen LogP contribution in [-0.4, -0.2) is 27.6 Å². The van der Waals surface area contributed by atoms with Crippen molar-refractivity contribution in [1.82, 2.24) is 9.88 Å². The summed E-state index contributed by atoms with van der Waals surface area (Å²) in [6.45, 7) is 4.07. The summed E-state index contributed by atoms with van der Waals surface area (Å²) >= 11 is 0. The molecule has 1 heterocycles. The summed E-state index contributed by atoms with van der Waals surface area (Å²) in [7, 11) is 0. The number of aryl methyl sites for hydroxylation is 2. The van der Waals surface area contributed by atoms with Crippen LogP contribution >= 0.6 is 0 Å². The number of carboxylic acid groups (broad SMARTS) is 1. The first kappa shape index (κ1) is 16.9. The first-order chi connectivity index (χ1) is 9.93. The Kier molecular flexibility index (Phi) is 6.65. The number of nitrogens with zero attached hydrogens (tertiary/aromatic N) is 1. The molecule has 6 nitrogen and oxygen atoms in total. The molecule has 0 aliphatic rings. The number of carbonyl (C=O) groups excluding carboxylic acids is 1. The number of hydrogen-bond donors (Lipinski definition) is 2. The van der Waals surface area contributed by atoms with E-state index in [0.29, 0.717) is 6.42 Å². The van der Waals surface area contributed by atoms with Crippen LogP contribution in [0.4, 0.5) is 0 Å². The molecule has 1 rings (SSSR count). The summed E-state index contributed by atoms with van der Waals surface area (Å²) in [5.74, 6) is -1.38. The van der Waals surface area contributed by atoms with Crippen LogP contribution in [0.1, 0.15) is 38.2 Å². The molecule has 116 valence electrons. The van der Waals surface area contributed by atoms with E-state index in [1.807, 2.05) is 13.8 Å². The van der Waals surface area contributed by atoms with Gasteiger partial charge in [-0.15, -0.1) is 0 Å². The standard InChI is InChI=1S/C15H22N2O4/c1-3-4-5-12(15(20)21)16-13(18)8-9-17-10-11(2)6-7-14(17)19/h6-7,10,12H,3-5,8-9H2,1-2H3,(H,16,18)(H,20,21). The van der Waals surface area contributed by atoms with E-state index >= 15 is 0 Å². The van der Waals surface area contributed by atoms with Crippen LogP contribution in [0.5, 0.6) is 0 Å². The second-order valence-corrected chi connectivity index (χ2v) is 5.09. The van der Waals surface area contributed by atoms with Crippen LogP contribution < -0.4 is 10.9 Å². The number of unbranched alkanes of at least 4 members (excludes halogenated alkanes) is 1. The molecule has 1 unspecified atom stereocenters. The van der Waals surface area contributed by atoms with Crippen molar-refractivity contribution in [1.29, 1.82) is 0 Å². The fourth-order valence-corrected chi connectivity index (χ4v) is 1.98. The Balaban J connectivity index is 2.54. The van der Waals surface area contributed by atoms with Crippen LogP contribution in [0.15, 0.2) is 23.1 Å². The summed E-state index contributed by atoms with van der Waals surface area (Å²) < 4.78 is 1.46. The van der Waals surface area contributed by atoms with E-state index in [-0.39, 0.29) is 24.4 Å². The molecule has 2 N–H and O–H groups in total. The first-order valence-corrected chi connectivity index (χ1v) is 7.13. The monoisotopic (exact) mass is 294 g/mol.